The molecule has 0 aromatic heterocycles. The van der Waals surface area contributed by atoms with Gasteiger partial charge in [0.1, 0.15) is 5.82 Å². The molecule has 27 heavy (non-hydrogen) atoms. The van der Waals surface area contributed by atoms with Gasteiger partial charge in [0.2, 0.25) is 0 Å². The lowest BCUT2D eigenvalue weighted by Gasteiger charge is -2.33. The lowest BCUT2D eigenvalue weighted by Crippen LogP contribution is -2.40. The van der Waals surface area contributed by atoms with E-state index < -0.39 is 32.7 Å². The van der Waals surface area contributed by atoms with Crippen LogP contribution in [0.2, 0.25) is 5.02 Å². The summed E-state index contributed by atoms with van der Waals surface area (Å²) in [7, 11) is -3.79. The average Bonchev–Trinajstić information content (AvgIpc) is 3.05. The molecule has 1 aromatic rings. The fourth-order valence-corrected chi connectivity index (χ4v) is 5.40. The Kier molecular flexibility index (Phi) is 5.90. The van der Waals surface area contributed by atoms with Gasteiger partial charge in [-0.25, -0.2) is 17.6 Å². The SMILES string of the molecule is CCOC(=O)C1=CC2(CCC1S(=O)(=O)Cc1ccc(F)c(Cl)c1)OCCO2. The number of esters is 1. The molecule has 0 N–H and O–H groups in total. The first-order valence-corrected chi connectivity index (χ1v) is 10.7. The van der Waals surface area contributed by atoms with E-state index in [1.165, 1.54) is 18.2 Å². The largest absolute Gasteiger partial charge is 0.463 e. The van der Waals surface area contributed by atoms with Gasteiger partial charge in [-0.15, -0.1) is 0 Å². The van der Waals surface area contributed by atoms with E-state index in [1.807, 2.05) is 0 Å². The third-order valence-corrected chi connectivity index (χ3v) is 6.93. The van der Waals surface area contributed by atoms with Gasteiger partial charge in [0, 0.05) is 6.42 Å². The summed E-state index contributed by atoms with van der Waals surface area (Å²) in [5, 5.41) is -1.21. The maximum Gasteiger partial charge on any atom is 0.335 e. The average molecular weight is 419 g/mol. The number of carbonyl (C=O) groups excluding carboxylic acids is 1. The summed E-state index contributed by atoms with van der Waals surface area (Å²) in [4.78, 5) is 12.4. The molecule has 2 aliphatic rings. The summed E-state index contributed by atoms with van der Waals surface area (Å²) in [6, 6.07) is 3.75. The molecule has 0 amide bonds. The summed E-state index contributed by atoms with van der Waals surface area (Å²) in [5.74, 6) is -2.78. The number of sulfone groups is 1. The molecule has 148 valence electrons. The van der Waals surface area contributed by atoms with Crippen LogP contribution in [-0.4, -0.2) is 45.2 Å². The molecular weight excluding hydrogens is 399 g/mol. The summed E-state index contributed by atoms with van der Waals surface area (Å²) < 4.78 is 55.6. The first-order chi connectivity index (χ1) is 12.8. The van der Waals surface area contributed by atoms with Crippen LogP contribution in [0.15, 0.2) is 29.8 Å². The van der Waals surface area contributed by atoms with Crippen molar-refractivity contribution in [1.82, 2.24) is 0 Å². The summed E-state index contributed by atoms with van der Waals surface area (Å²) >= 11 is 5.74. The quantitative estimate of drug-likeness (QED) is 0.684. The molecule has 1 spiro atoms. The monoisotopic (exact) mass is 418 g/mol. The van der Waals surface area contributed by atoms with Crippen LogP contribution in [0.4, 0.5) is 4.39 Å². The number of carbonyl (C=O) groups is 1. The van der Waals surface area contributed by atoms with Gasteiger partial charge in [-0.1, -0.05) is 17.7 Å². The Morgan fingerprint density at radius 3 is 2.70 bits per heavy atom. The number of hydrogen-bond acceptors (Lipinski definition) is 6. The number of ether oxygens (including phenoxy) is 3. The lowest BCUT2D eigenvalue weighted by atomic mass is 9.94. The van der Waals surface area contributed by atoms with E-state index in [1.54, 1.807) is 6.92 Å². The Hall–Kier alpha value is -1.48. The summed E-state index contributed by atoms with van der Waals surface area (Å²) in [6.07, 6.45) is 1.90. The molecule has 0 bridgehead atoms. The molecular formula is C18H20ClFO6S. The Balaban J connectivity index is 1.92. The van der Waals surface area contributed by atoms with Gasteiger partial charge in [0.05, 0.1) is 41.4 Å². The smallest absolute Gasteiger partial charge is 0.335 e. The van der Waals surface area contributed by atoms with Gasteiger partial charge in [-0.2, -0.15) is 0 Å². The van der Waals surface area contributed by atoms with Crippen molar-refractivity contribution in [2.45, 2.75) is 36.6 Å². The number of hydrogen-bond donors (Lipinski definition) is 0. The highest BCUT2D eigenvalue weighted by atomic mass is 35.5. The number of halogens is 2. The van der Waals surface area contributed by atoms with Crippen LogP contribution in [0, 0.1) is 5.82 Å². The van der Waals surface area contributed by atoms with Crippen LogP contribution in [-0.2, 0) is 34.6 Å². The second-order valence-corrected chi connectivity index (χ2v) is 9.00. The zero-order valence-corrected chi connectivity index (χ0v) is 16.3. The maximum atomic E-state index is 13.3. The second kappa shape index (κ2) is 7.87. The standard InChI is InChI=1S/C18H20ClFO6S/c1-2-24-17(21)13-10-18(25-7-8-26-18)6-5-16(13)27(22,23)11-12-3-4-15(20)14(19)9-12/h3-4,9-10,16H,2,5-8,11H2,1H3. The Morgan fingerprint density at radius 2 is 2.07 bits per heavy atom. The molecule has 1 saturated heterocycles. The van der Waals surface area contributed by atoms with Crippen molar-refractivity contribution < 1.29 is 31.8 Å². The molecule has 1 aliphatic carbocycles. The Labute approximate surface area is 162 Å². The van der Waals surface area contributed by atoms with Crippen LogP contribution in [0.3, 0.4) is 0 Å². The van der Waals surface area contributed by atoms with Crippen LogP contribution in [0.1, 0.15) is 25.3 Å². The second-order valence-electron chi connectivity index (χ2n) is 6.41. The van der Waals surface area contributed by atoms with E-state index >= 15 is 0 Å². The van der Waals surface area contributed by atoms with Crippen molar-refractivity contribution in [3.63, 3.8) is 0 Å². The van der Waals surface area contributed by atoms with E-state index in [-0.39, 0.29) is 29.4 Å². The molecule has 1 aliphatic heterocycles. The minimum absolute atomic E-state index is 0.0122. The van der Waals surface area contributed by atoms with Crippen molar-refractivity contribution in [2.75, 3.05) is 19.8 Å². The van der Waals surface area contributed by atoms with E-state index in [9.17, 15) is 17.6 Å². The van der Waals surface area contributed by atoms with E-state index in [2.05, 4.69) is 0 Å². The first kappa shape index (κ1) is 20.3. The normalized spacial score (nSPS) is 21.9. The van der Waals surface area contributed by atoms with E-state index in [0.29, 0.717) is 25.2 Å². The van der Waals surface area contributed by atoms with Crippen LogP contribution in [0.25, 0.3) is 0 Å². The van der Waals surface area contributed by atoms with Crippen molar-refractivity contribution in [2.24, 2.45) is 0 Å². The first-order valence-electron chi connectivity index (χ1n) is 8.59. The van der Waals surface area contributed by atoms with Gasteiger partial charge in [-0.3, -0.25) is 0 Å². The van der Waals surface area contributed by atoms with E-state index in [4.69, 9.17) is 25.8 Å². The van der Waals surface area contributed by atoms with Crippen molar-refractivity contribution >= 4 is 27.4 Å². The predicted octanol–water partition coefficient (Wildman–Crippen LogP) is 2.79. The Bertz CT molecular complexity index is 861. The number of rotatable bonds is 5. The molecule has 1 atom stereocenters. The van der Waals surface area contributed by atoms with Crippen molar-refractivity contribution in [3.8, 4) is 0 Å². The molecule has 0 saturated carbocycles. The minimum atomic E-state index is -3.79. The van der Waals surface area contributed by atoms with Gasteiger partial charge in [0.15, 0.2) is 15.6 Å². The third kappa shape index (κ3) is 4.34. The lowest BCUT2D eigenvalue weighted by molar-refractivity contribution is -0.143. The minimum Gasteiger partial charge on any atom is -0.463 e. The Morgan fingerprint density at radius 1 is 1.37 bits per heavy atom. The molecule has 0 radical (unpaired) electrons. The van der Waals surface area contributed by atoms with Crippen LogP contribution >= 0.6 is 11.6 Å². The summed E-state index contributed by atoms with van der Waals surface area (Å²) in [6.45, 7) is 2.51. The van der Waals surface area contributed by atoms with Crippen molar-refractivity contribution in [3.05, 3.63) is 46.3 Å². The fourth-order valence-electron chi connectivity index (χ4n) is 3.33. The van der Waals surface area contributed by atoms with Gasteiger partial charge in [0.25, 0.3) is 0 Å². The van der Waals surface area contributed by atoms with Crippen LogP contribution < -0.4 is 0 Å². The topological polar surface area (TPSA) is 78.9 Å². The predicted molar refractivity (Wildman–Crippen MR) is 96.4 cm³/mol. The van der Waals surface area contributed by atoms with Gasteiger partial charge >= 0.3 is 5.97 Å². The fraction of sp³-hybridized carbons (Fsp3) is 0.500. The van der Waals surface area contributed by atoms with Gasteiger partial charge < -0.3 is 14.2 Å². The summed E-state index contributed by atoms with van der Waals surface area (Å²) in [5.41, 5.74) is 0.358. The van der Waals surface area contributed by atoms with Gasteiger partial charge in [-0.05, 0) is 37.1 Å². The molecule has 1 fully saturated rings. The highest BCUT2D eigenvalue weighted by Crippen LogP contribution is 2.38. The number of benzene rings is 1. The van der Waals surface area contributed by atoms with Crippen molar-refractivity contribution in [1.29, 1.82) is 0 Å². The molecule has 1 heterocycles. The zero-order chi connectivity index (χ0) is 19.7. The zero-order valence-electron chi connectivity index (χ0n) is 14.7. The molecule has 6 nitrogen and oxygen atoms in total. The van der Waals surface area contributed by atoms with E-state index in [0.717, 1.165) is 6.07 Å². The molecule has 1 aromatic carbocycles. The molecule has 1 unspecified atom stereocenters. The highest BCUT2D eigenvalue weighted by molar-refractivity contribution is 7.91. The maximum absolute atomic E-state index is 13.3. The van der Waals surface area contributed by atoms with Crippen LogP contribution in [0.5, 0.6) is 0 Å². The molecule has 9 heteroatoms. The third-order valence-electron chi connectivity index (χ3n) is 4.55. The highest BCUT2D eigenvalue weighted by Gasteiger charge is 2.45. The molecule has 3 rings (SSSR count).